The lowest BCUT2D eigenvalue weighted by atomic mass is 10.0. The van der Waals surface area contributed by atoms with Crippen LogP contribution in [0.5, 0.6) is 0 Å². The Balaban J connectivity index is 2.38. The summed E-state index contributed by atoms with van der Waals surface area (Å²) in [6.07, 6.45) is 5.73. The van der Waals surface area contributed by atoms with Gasteiger partial charge in [0.2, 0.25) is 10.0 Å². The number of terminal acetylenes is 1. The molecule has 1 N–H and O–H groups in total. The molecule has 1 saturated heterocycles. The molecule has 0 aromatic heterocycles. The van der Waals surface area contributed by atoms with Crippen LogP contribution in [0.25, 0.3) is 0 Å². The van der Waals surface area contributed by atoms with Crippen LogP contribution in [0.3, 0.4) is 0 Å². The number of aliphatic hydroxyl groups is 1. The fourth-order valence-corrected chi connectivity index (χ4v) is 3.88. The summed E-state index contributed by atoms with van der Waals surface area (Å²) >= 11 is 0. The lowest BCUT2D eigenvalue weighted by Crippen LogP contribution is -2.50. The van der Waals surface area contributed by atoms with Crippen molar-refractivity contribution in [3.8, 4) is 12.3 Å². The first kappa shape index (κ1) is 14.1. The average molecular weight is 279 g/mol. The minimum Gasteiger partial charge on any atom is -0.390 e. The topological polar surface area (TPSA) is 57.6 Å². The normalized spacial score (nSPS) is 24.9. The number of benzene rings is 1. The molecule has 1 aromatic carbocycles. The van der Waals surface area contributed by atoms with Crippen molar-refractivity contribution >= 4 is 10.0 Å². The van der Waals surface area contributed by atoms with E-state index in [1.54, 1.807) is 24.3 Å². The third-order valence-corrected chi connectivity index (χ3v) is 5.25. The van der Waals surface area contributed by atoms with Crippen LogP contribution in [0.1, 0.15) is 18.4 Å². The predicted molar refractivity (Wildman–Crippen MR) is 72.9 cm³/mol. The third kappa shape index (κ3) is 2.66. The molecular weight excluding hydrogens is 262 g/mol. The number of nitrogens with zero attached hydrogens (tertiary/aromatic N) is 1. The largest absolute Gasteiger partial charge is 0.390 e. The first-order valence-corrected chi connectivity index (χ1v) is 7.63. The zero-order chi connectivity index (χ0) is 14.0. The lowest BCUT2D eigenvalue weighted by Gasteiger charge is -2.34. The van der Waals surface area contributed by atoms with Gasteiger partial charge in [-0.2, -0.15) is 4.31 Å². The summed E-state index contributed by atoms with van der Waals surface area (Å²) in [6.45, 7) is 2.24. The van der Waals surface area contributed by atoms with E-state index in [-0.39, 0.29) is 4.90 Å². The standard InChI is InChI=1S/C14H17NO3S/c1-3-13-14(16)5-4-10-15(13)19(17,18)12-8-6-11(2)7-9-12/h1,6-9,13-14,16H,4-5,10H2,2H3/t13-,14+/m0/s1. The average Bonchev–Trinajstić information content (AvgIpc) is 2.39. The van der Waals surface area contributed by atoms with E-state index in [2.05, 4.69) is 5.92 Å². The van der Waals surface area contributed by atoms with Gasteiger partial charge in [0.25, 0.3) is 0 Å². The highest BCUT2D eigenvalue weighted by molar-refractivity contribution is 7.89. The Labute approximate surface area is 114 Å². The summed E-state index contributed by atoms with van der Waals surface area (Å²) in [6, 6.07) is 5.86. The lowest BCUT2D eigenvalue weighted by molar-refractivity contribution is 0.0785. The predicted octanol–water partition coefficient (Wildman–Crippen LogP) is 1.14. The van der Waals surface area contributed by atoms with Gasteiger partial charge in [-0.15, -0.1) is 6.42 Å². The maximum atomic E-state index is 12.5. The van der Waals surface area contributed by atoms with Crippen molar-refractivity contribution in [1.82, 2.24) is 4.31 Å². The van der Waals surface area contributed by atoms with Gasteiger partial charge in [-0.25, -0.2) is 8.42 Å². The van der Waals surface area contributed by atoms with Crippen molar-refractivity contribution in [3.63, 3.8) is 0 Å². The minimum atomic E-state index is -3.64. The molecule has 0 saturated carbocycles. The highest BCUT2D eigenvalue weighted by Crippen LogP contribution is 2.25. The molecule has 1 heterocycles. The molecule has 0 aliphatic carbocycles. The van der Waals surface area contributed by atoms with Crippen molar-refractivity contribution in [2.75, 3.05) is 6.54 Å². The molecule has 1 aliphatic heterocycles. The van der Waals surface area contributed by atoms with E-state index in [9.17, 15) is 13.5 Å². The Kier molecular flexibility index (Phi) is 3.95. The molecule has 5 heteroatoms. The Morgan fingerprint density at radius 3 is 2.58 bits per heavy atom. The van der Waals surface area contributed by atoms with Gasteiger partial charge in [-0.05, 0) is 31.9 Å². The van der Waals surface area contributed by atoms with E-state index < -0.39 is 22.2 Å². The Hall–Kier alpha value is -1.35. The quantitative estimate of drug-likeness (QED) is 0.826. The van der Waals surface area contributed by atoms with Crippen LogP contribution in [0.4, 0.5) is 0 Å². The monoisotopic (exact) mass is 279 g/mol. The second kappa shape index (κ2) is 5.33. The zero-order valence-corrected chi connectivity index (χ0v) is 11.6. The zero-order valence-electron chi connectivity index (χ0n) is 10.8. The Morgan fingerprint density at radius 1 is 1.37 bits per heavy atom. The summed E-state index contributed by atoms with van der Waals surface area (Å²) in [7, 11) is -3.64. The number of rotatable bonds is 2. The van der Waals surface area contributed by atoms with Gasteiger partial charge in [0.05, 0.1) is 11.0 Å². The molecule has 2 atom stereocenters. The highest BCUT2D eigenvalue weighted by atomic mass is 32.2. The maximum Gasteiger partial charge on any atom is 0.244 e. The third-order valence-electron chi connectivity index (χ3n) is 3.35. The number of aryl methyl sites for hydroxylation is 1. The Bertz CT molecular complexity index is 586. The van der Waals surface area contributed by atoms with Gasteiger partial charge in [0, 0.05) is 6.54 Å². The first-order chi connectivity index (χ1) is 8.96. The molecule has 19 heavy (non-hydrogen) atoms. The summed E-state index contributed by atoms with van der Waals surface area (Å²) in [4.78, 5) is 0.215. The summed E-state index contributed by atoms with van der Waals surface area (Å²) in [5, 5.41) is 9.85. The highest BCUT2D eigenvalue weighted by Gasteiger charge is 2.37. The molecule has 0 amide bonds. The van der Waals surface area contributed by atoms with Gasteiger partial charge in [0.15, 0.2) is 0 Å². The molecule has 1 aliphatic rings. The van der Waals surface area contributed by atoms with Crippen molar-refractivity contribution in [3.05, 3.63) is 29.8 Å². The van der Waals surface area contributed by atoms with E-state index in [0.717, 1.165) is 5.56 Å². The molecular formula is C14H17NO3S. The van der Waals surface area contributed by atoms with E-state index in [1.807, 2.05) is 6.92 Å². The van der Waals surface area contributed by atoms with Crippen LogP contribution in [-0.4, -0.2) is 36.5 Å². The molecule has 102 valence electrons. The second-order valence-corrected chi connectivity index (χ2v) is 6.64. The maximum absolute atomic E-state index is 12.5. The smallest absolute Gasteiger partial charge is 0.244 e. The van der Waals surface area contributed by atoms with Crippen molar-refractivity contribution in [1.29, 1.82) is 0 Å². The van der Waals surface area contributed by atoms with E-state index in [0.29, 0.717) is 19.4 Å². The molecule has 1 fully saturated rings. The van der Waals surface area contributed by atoms with Crippen LogP contribution in [0.2, 0.25) is 0 Å². The number of aliphatic hydroxyl groups excluding tert-OH is 1. The molecule has 4 nitrogen and oxygen atoms in total. The number of hydrogen-bond donors (Lipinski definition) is 1. The molecule has 1 aromatic rings. The SMILES string of the molecule is C#C[C@H]1[C@H](O)CCCN1S(=O)(=O)c1ccc(C)cc1. The Morgan fingerprint density at radius 2 is 2.00 bits per heavy atom. The van der Waals surface area contributed by atoms with Gasteiger partial charge in [-0.1, -0.05) is 23.6 Å². The molecule has 2 rings (SSSR count). The van der Waals surface area contributed by atoms with Crippen molar-refractivity contribution in [2.45, 2.75) is 36.8 Å². The molecule has 0 bridgehead atoms. The van der Waals surface area contributed by atoms with E-state index >= 15 is 0 Å². The van der Waals surface area contributed by atoms with Crippen LogP contribution < -0.4 is 0 Å². The summed E-state index contributed by atoms with van der Waals surface area (Å²) in [5.41, 5.74) is 0.992. The van der Waals surface area contributed by atoms with Gasteiger partial charge in [-0.3, -0.25) is 0 Å². The van der Waals surface area contributed by atoms with E-state index in [4.69, 9.17) is 6.42 Å². The number of hydrogen-bond acceptors (Lipinski definition) is 3. The summed E-state index contributed by atoms with van der Waals surface area (Å²) < 4.78 is 26.3. The van der Waals surface area contributed by atoms with Crippen molar-refractivity contribution in [2.24, 2.45) is 0 Å². The number of sulfonamides is 1. The van der Waals surface area contributed by atoms with Crippen molar-refractivity contribution < 1.29 is 13.5 Å². The minimum absolute atomic E-state index is 0.215. The van der Waals surface area contributed by atoms with Crippen LogP contribution >= 0.6 is 0 Å². The van der Waals surface area contributed by atoms with Gasteiger partial charge in [0.1, 0.15) is 6.04 Å². The summed E-state index contributed by atoms with van der Waals surface area (Å²) in [5.74, 6) is 2.39. The van der Waals surface area contributed by atoms with Crippen LogP contribution in [0.15, 0.2) is 29.2 Å². The van der Waals surface area contributed by atoms with E-state index in [1.165, 1.54) is 4.31 Å². The molecule has 0 spiro atoms. The second-order valence-electron chi connectivity index (χ2n) is 4.75. The van der Waals surface area contributed by atoms with Crippen LogP contribution in [-0.2, 0) is 10.0 Å². The molecule has 0 radical (unpaired) electrons. The van der Waals surface area contributed by atoms with Gasteiger partial charge >= 0.3 is 0 Å². The number of piperidine rings is 1. The fourth-order valence-electron chi connectivity index (χ4n) is 2.25. The first-order valence-electron chi connectivity index (χ1n) is 6.19. The van der Waals surface area contributed by atoms with Gasteiger partial charge < -0.3 is 5.11 Å². The molecule has 0 unspecified atom stereocenters. The van der Waals surface area contributed by atoms with Crippen LogP contribution in [0, 0.1) is 19.3 Å². The fraction of sp³-hybridized carbons (Fsp3) is 0.429.